The number of anilines is 1. The predicted octanol–water partition coefficient (Wildman–Crippen LogP) is 2.66. The fourth-order valence-electron chi connectivity index (χ4n) is 1.84. The Morgan fingerprint density at radius 2 is 1.90 bits per heavy atom. The van der Waals surface area contributed by atoms with E-state index in [9.17, 15) is 9.59 Å². The molecule has 0 spiro atoms. The molecule has 1 amide bonds. The topological polar surface area (TPSA) is 68.3 Å². The number of benzene rings is 1. The molecule has 1 heterocycles. The van der Waals surface area contributed by atoms with Crippen LogP contribution in [0.15, 0.2) is 55.4 Å². The molecule has 0 fully saturated rings. The molecule has 0 saturated heterocycles. The number of hydrogen-bond acceptors (Lipinski definition) is 4. The third-order valence-corrected chi connectivity index (χ3v) is 2.88. The first-order valence-electron chi connectivity index (χ1n) is 6.22. The highest BCUT2D eigenvalue weighted by Crippen LogP contribution is 2.26. The minimum Gasteiger partial charge on any atom is -0.465 e. The van der Waals surface area contributed by atoms with E-state index in [1.807, 2.05) is 12.1 Å². The largest absolute Gasteiger partial charge is 0.465 e. The van der Waals surface area contributed by atoms with Crippen molar-refractivity contribution >= 4 is 17.6 Å². The van der Waals surface area contributed by atoms with Gasteiger partial charge in [0.2, 0.25) is 5.91 Å². The van der Waals surface area contributed by atoms with Crippen LogP contribution in [0.1, 0.15) is 10.4 Å². The average molecular weight is 282 g/mol. The molecule has 0 unspecified atom stereocenters. The molecule has 2 aromatic rings. The fourth-order valence-corrected chi connectivity index (χ4v) is 1.84. The smallest absolute Gasteiger partial charge is 0.339 e. The lowest BCUT2D eigenvalue weighted by atomic mass is 10.0. The van der Waals surface area contributed by atoms with Gasteiger partial charge in [0.15, 0.2) is 0 Å². The van der Waals surface area contributed by atoms with E-state index in [1.165, 1.54) is 7.11 Å². The second kappa shape index (κ2) is 6.47. The number of nitrogens with zero attached hydrogens (tertiary/aromatic N) is 1. The summed E-state index contributed by atoms with van der Waals surface area (Å²) >= 11 is 0. The first-order chi connectivity index (χ1) is 10.2. The molecule has 0 bridgehead atoms. The van der Waals surface area contributed by atoms with Crippen molar-refractivity contribution in [3.63, 3.8) is 0 Å². The van der Waals surface area contributed by atoms with Crippen LogP contribution in [0.3, 0.4) is 0 Å². The van der Waals surface area contributed by atoms with Crippen LogP contribution >= 0.6 is 0 Å². The summed E-state index contributed by atoms with van der Waals surface area (Å²) < 4.78 is 4.71. The number of carbonyl (C=O) groups excluding carboxylic acids is 2. The first kappa shape index (κ1) is 14.5. The van der Waals surface area contributed by atoms with Crippen LogP contribution in [-0.4, -0.2) is 24.0 Å². The van der Waals surface area contributed by atoms with E-state index in [1.54, 1.807) is 30.6 Å². The summed E-state index contributed by atoms with van der Waals surface area (Å²) in [6.07, 6.45) is 4.48. The summed E-state index contributed by atoms with van der Waals surface area (Å²) in [5.74, 6) is -0.914. The molecule has 0 atom stereocenters. The highest BCUT2D eigenvalue weighted by molar-refractivity contribution is 6.05. The molecular weight excluding hydrogens is 268 g/mol. The monoisotopic (exact) mass is 282 g/mol. The Bertz CT molecular complexity index is 681. The van der Waals surface area contributed by atoms with E-state index in [0.29, 0.717) is 5.69 Å². The van der Waals surface area contributed by atoms with E-state index in [0.717, 1.165) is 17.2 Å². The van der Waals surface area contributed by atoms with Gasteiger partial charge in [0.25, 0.3) is 0 Å². The number of aromatic nitrogens is 1. The van der Waals surface area contributed by atoms with Gasteiger partial charge in [0.1, 0.15) is 0 Å². The molecule has 106 valence electrons. The zero-order valence-electron chi connectivity index (χ0n) is 11.5. The summed E-state index contributed by atoms with van der Waals surface area (Å²) in [6, 6.07) is 8.78. The van der Waals surface area contributed by atoms with E-state index in [4.69, 9.17) is 4.74 Å². The Morgan fingerprint density at radius 3 is 2.52 bits per heavy atom. The van der Waals surface area contributed by atoms with E-state index in [2.05, 4.69) is 16.9 Å². The number of rotatable bonds is 4. The van der Waals surface area contributed by atoms with Crippen molar-refractivity contribution in [2.45, 2.75) is 0 Å². The highest BCUT2D eigenvalue weighted by atomic mass is 16.5. The predicted molar refractivity (Wildman–Crippen MR) is 79.8 cm³/mol. The standard InChI is InChI=1S/C16H14N2O3/c1-3-15(19)18-14-10-12(11-6-8-17-9-7-11)4-5-13(14)16(20)21-2/h3-10H,1H2,2H3,(H,18,19). The van der Waals surface area contributed by atoms with Crippen LogP contribution < -0.4 is 5.32 Å². The number of ether oxygens (including phenoxy) is 1. The van der Waals surface area contributed by atoms with Crippen LogP contribution in [-0.2, 0) is 9.53 Å². The minimum atomic E-state index is -0.518. The maximum absolute atomic E-state index is 11.7. The highest BCUT2D eigenvalue weighted by Gasteiger charge is 2.14. The lowest BCUT2D eigenvalue weighted by molar-refractivity contribution is -0.111. The molecule has 0 aliphatic carbocycles. The average Bonchev–Trinajstić information content (AvgIpc) is 2.54. The molecule has 0 saturated carbocycles. The van der Waals surface area contributed by atoms with Crippen molar-refractivity contribution < 1.29 is 14.3 Å². The van der Waals surface area contributed by atoms with Crippen molar-refractivity contribution in [3.8, 4) is 11.1 Å². The minimum absolute atomic E-state index is 0.283. The van der Waals surface area contributed by atoms with Gasteiger partial charge in [-0.2, -0.15) is 0 Å². The van der Waals surface area contributed by atoms with Crippen molar-refractivity contribution in [2.75, 3.05) is 12.4 Å². The van der Waals surface area contributed by atoms with Crippen LogP contribution in [0, 0.1) is 0 Å². The molecule has 0 radical (unpaired) electrons. The third kappa shape index (κ3) is 3.33. The summed E-state index contributed by atoms with van der Waals surface area (Å²) in [7, 11) is 1.29. The molecule has 21 heavy (non-hydrogen) atoms. The fraction of sp³-hybridized carbons (Fsp3) is 0.0625. The zero-order chi connectivity index (χ0) is 15.2. The van der Waals surface area contributed by atoms with Gasteiger partial charge in [-0.25, -0.2) is 4.79 Å². The Kier molecular flexibility index (Phi) is 4.46. The van der Waals surface area contributed by atoms with Crippen LogP contribution in [0.5, 0.6) is 0 Å². The lowest BCUT2D eigenvalue weighted by Crippen LogP contribution is -2.12. The molecule has 0 aliphatic rings. The Morgan fingerprint density at radius 1 is 1.19 bits per heavy atom. The van der Waals surface area contributed by atoms with Gasteiger partial charge in [-0.1, -0.05) is 12.6 Å². The lowest BCUT2D eigenvalue weighted by Gasteiger charge is -2.11. The second-order valence-corrected chi connectivity index (χ2v) is 4.18. The van der Waals surface area contributed by atoms with Crippen molar-refractivity contribution in [1.29, 1.82) is 0 Å². The Balaban J connectivity index is 2.48. The first-order valence-corrected chi connectivity index (χ1v) is 6.22. The van der Waals surface area contributed by atoms with Gasteiger partial charge in [-0.05, 0) is 41.5 Å². The van der Waals surface area contributed by atoms with E-state index >= 15 is 0 Å². The zero-order valence-corrected chi connectivity index (χ0v) is 11.5. The number of nitrogens with one attached hydrogen (secondary N) is 1. The maximum atomic E-state index is 11.7. The molecule has 5 nitrogen and oxygen atoms in total. The molecule has 1 N–H and O–H groups in total. The van der Waals surface area contributed by atoms with Crippen LogP contribution in [0.4, 0.5) is 5.69 Å². The number of hydrogen-bond donors (Lipinski definition) is 1. The van der Waals surface area contributed by atoms with Gasteiger partial charge >= 0.3 is 5.97 Å². The molecule has 1 aromatic heterocycles. The van der Waals surface area contributed by atoms with E-state index < -0.39 is 11.9 Å². The number of carbonyl (C=O) groups is 2. The molecule has 1 aromatic carbocycles. The molecular formula is C16H14N2O3. The van der Waals surface area contributed by atoms with Crippen molar-refractivity contribution in [3.05, 3.63) is 60.9 Å². The van der Waals surface area contributed by atoms with Gasteiger partial charge in [0.05, 0.1) is 18.4 Å². The van der Waals surface area contributed by atoms with Crippen molar-refractivity contribution in [1.82, 2.24) is 4.98 Å². The van der Waals surface area contributed by atoms with Crippen molar-refractivity contribution in [2.24, 2.45) is 0 Å². The van der Waals surface area contributed by atoms with Gasteiger partial charge in [0, 0.05) is 12.4 Å². The van der Waals surface area contributed by atoms with Crippen LogP contribution in [0.25, 0.3) is 11.1 Å². The number of amides is 1. The third-order valence-electron chi connectivity index (χ3n) is 2.88. The number of esters is 1. The summed E-state index contributed by atoms with van der Waals surface area (Å²) in [5, 5.41) is 2.61. The summed E-state index contributed by atoms with van der Waals surface area (Å²) in [6.45, 7) is 3.40. The van der Waals surface area contributed by atoms with Gasteiger partial charge < -0.3 is 10.1 Å². The Hall–Kier alpha value is -2.95. The molecule has 0 aliphatic heterocycles. The van der Waals surface area contributed by atoms with Gasteiger partial charge in [-0.15, -0.1) is 0 Å². The van der Waals surface area contributed by atoms with E-state index in [-0.39, 0.29) is 5.56 Å². The normalized spacial score (nSPS) is 9.76. The number of methoxy groups -OCH3 is 1. The number of pyridine rings is 1. The summed E-state index contributed by atoms with van der Waals surface area (Å²) in [4.78, 5) is 27.2. The van der Waals surface area contributed by atoms with Gasteiger partial charge in [-0.3, -0.25) is 9.78 Å². The Labute approximate surface area is 122 Å². The second-order valence-electron chi connectivity index (χ2n) is 4.18. The molecule has 2 rings (SSSR count). The van der Waals surface area contributed by atoms with Crippen LogP contribution in [0.2, 0.25) is 0 Å². The molecule has 5 heteroatoms. The quantitative estimate of drug-likeness (QED) is 0.691. The SMILES string of the molecule is C=CC(=O)Nc1cc(-c2ccncc2)ccc1C(=O)OC. The maximum Gasteiger partial charge on any atom is 0.339 e. The summed E-state index contributed by atoms with van der Waals surface area (Å²) in [5.41, 5.74) is 2.44.